The van der Waals surface area contributed by atoms with Crippen molar-refractivity contribution in [2.45, 2.75) is 32.5 Å². The standard InChI is InChI=1S/C10H20N2O6S/c1-4-17-9(14)11-19(15,16)12-5-8(6-13)18-10(2,3)7-12/h8,13H,4-7H2,1-3H3,(H,11,14). The van der Waals surface area contributed by atoms with Gasteiger partial charge >= 0.3 is 16.3 Å². The Morgan fingerprint density at radius 3 is 2.74 bits per heavy atom. The van der Waals surface area contributed by atoms with Crippen LogP contribution in [0.15, 0.2) is 0 Å². The number of aliphatic hydroxyl groups is 1. The lowest BCUT2D eigenvalue weighted by atomic mass is 10.1. The van der Waals surface area contributed by atoms with Crippen molar-refractivity contribution in [3.05, 3.63) is 0 Å². The van der Waals surface area contributed by atoms with Gasteiger partial charge < -0.3 is 14.6 Å². The summed E-state index contributed by atoms with van der Waals surface area (Å²) in [5.74, 6) is 0. The predicted molar refractivity (Wildman–Crippen MR) is 66.7 cm³/mol. The van der Waals surface area contributed by atoms with Crippen LogP contribution in [0.2, 0.25) is 0 Å². The number of hydrogen-bond acceptors (Lipinski definition) is 6. The molecule has 1 amide bonds. The van der Waals surface area contributed by atoms with E-state index in [0.29, 0.717) is 0 Å². The van der Waals surface area contributed by atoms with Crippen molar-refractivity contribution in [3.63, 3.8) is 0 Å². The molecule has 1 saturated heterocycles. The minimum atomic E-state index is -4.00. The summed E-state index contributed by atoms with van der Waals surface area (Å²) in [6.07, 6.45) is -1.64. The Labute approximate surface area is 112 Å². The molecule has 8 nitrogen and oxygen atoms in total. The molecule has 9 heteroatoms. The minimum Gasteiger partial charge on any atom is -0.449 e. The highest BCUT2D eigenvalue weighted by Gasteiger charge is 2.39. The summed E-state index contributed by atoms with van der Waals surface area (Å²) < 4.78 is 36.9. The first-order valence-electron chi connectivity index (χ1n) is 5.93. The number of ether oxygens (including phenoxy) is 2. The Kier molecular flexibility index (Phi) is 5.13. The molecule has 0 aromatic heterocycles. The molecule has 0 saturated carbocycles. The Morgan fingerprint density at radius 1 is 1.58 bits per heavy atom. The number of amides is 1. The van der Waals surface area contributed by atoms with Crippen LogP contribution in [0, 0.1) is 0 Å². The number of aliphatic hydroxyl groups excluding tert-OH is 1. The number of carbonyl (C=O) groups excluding carboxylic acids is 1. The van der Waals surface area contributed by atoms with Gasteiger partial charge in [-0.2, -0.15) is 12.7 Å². The van der Waals surface area contributed by atoms with Gasteiger partial charge in [0.05, 0.1) is 24.9 Å². The molecular weight excluding hydrogens is 276 g/mol. The van der Waals surface area contributed by atoms with Crippen LogP contribution in [0.3, 0.4) is 0 Å². The quantitative estimate of drug-likeness (QED) is 0.721. The average molecular weight is 296 g/mol. The molecular formula is C10H20N2O6S. The van der Waals surface area contributed by atoms with E-state index in [-0.39, 0.29) is 26.3 Å². The van der Waals surface area contributed by atoms with Crippen LogP contribution in [0.5, 0.6) is 0 Å². The van der Waals surface area contributed by atoms with E-state index >= 15 is 0 Å². The Hall–Kier alpha value is -0.900. The van der Waals surface area contributed by atoms with Crippen LogP contribution in [-0.2, 0) is 19.7 Å². The Balaban J connectivity index is 2.79. The van der Waals surface area contributed by atoms with E-state index in [4.69, 9.17) is 9.84 Å². The lowest BCUT2D eigenvalue weighted by Crippen LogP contribution is -2.58. The summed E-state index contributed by atoms with van der Waals surface area (Å²) >= 11 is 0. The van der Waals surface area contributed by atoms with E-state index in [1.807, 2.05) is 4.72 Å². The van der Waals surface area contributed by atoms with Crippen molar-refractivity contribution >= 4 is 16.3 Å². The topological polar surface area (TPSA) is 105 Å². The average Bonchev–Trinajstić information content (AvgIpc) is 2.26. The molecule has 1 atom stereocenters. The number of hydrogen-bond donors (Lipinski definition) is 2. The Bertz CT molecular complexity index is 422. The first-order valence-corrected chi connectivity index (χ1v) is 7.37. The van der Waals surface area contributed by atoms with Crippen LogP contribution in [0.25, 0.3) is 0 Å². The van der Waals surface area contributed by atoms with Crippen molar-refractivity contribution in [3.8, 4) is 0 Å². The van der Waals surface area contributed by atoms with Crippen LogP contribution in [-0.4, -0.2) is 61.9 Å². The van der Waals surface area contributed by atoms with Gasteiger partial charge in [0.2, 0.25) is 0 Å². The van der Waals surface area contributed by atoms with Gasteiger partial charge in [-0.1, -0.05) is 0 Å². The number of carbonyl (C=O) groups is 1. The van der Waals surface area contributed by atoms with Crippen molar-refractivity contribution in [1.82, 2.24) is 9.03 Å². The first-order chi connectivity index (χ1) is 8.70. The van der Waals surface area contributed by atoms with Crippen molar-refractivity contribution in [2.75, 3.05) is 26.3 Å². The van der Waals surface area contributed by atoms with Crippen LogP contribution in [0.1, 0.15) is 20.8 Å². The fourth-order valence-electron chi connectivity index (χ4n) is 1.85. The third-order valence-corrected chi connectivity index (χ3v) is 3.86. The lowest BCUT2D eigenvalue weighted by Gasteiger charge is -2.41. The summed E-state index contributed by atoms with van der Waals surface area (Å²) in [6.45, 7) is 4.84. The van der Waals surface area contributed by atoms with Crippen molar-refractivity contribution in [2.24, 2.45) is 0 Å². The smallest absolute Gasteiger partial charge is 0.421 e. The molecule has 1 aliphatic heterocycles. The van der Waals surface area contributed by atoms with E-state index in [1.165, 1.54) is 0 Å². The zero-order valence-corrected chi connectivity index (χ0v) is 12.1. The van der Waals surface area contributed by atoms with Gasteiger partial charge in [0.15, 0.2) is 0 Å². The highest BCUT2D eigenvalue weighted by Crippen LogP contribution is 2.22. The van der Waals surface area contributed by atoms with Gasteiger partial charge in [-0.05, 0) is 20.8 Å². The number of nitrogens with one attached hydrogen (secondary N) is 1. The Morgan fingerprint density at radius 2 is 2.21 bits per heavy atom. The molecule has 1 aliphatic rings. The van der Waals surface area contributed by atoms with E-state index in [2.05, 4.69) is 4.74 Å². The number of rotatable bonds is 4. The van der Waals surface area contributed by atoms with Gasteiger partial charge in [-0.3, -0.25) is 0 Å². The molecule has 2 N–H and O–H groups in total. The van der Waals surface area contributed by atoms with Gasteiger partial charge in [0, 0.05) is 13.1 Å². The minimum absolute atomic E-state index is 0.0192. The SMILES string of the molecule is CCOC(=O)NS(=O)(=O)N1CC(CO)OC(C)(C)C1. The fraction of sp³-hybridized carbons (Fsp3) is 0.900. The highest BCUT2D eigenvalue weighted by molar-refractivity contribution is 7.87. The second kappa shape index (κ2) is 6.04. The maximum absolute atomic E-state index is 12.0. The van der Waals surface area contributed by atoms with E-state index in [9.17, 15) is 13.2 Å². The molecule has 0 aromatic rings. The maximum Gasteiger partial charge on any atom is 0.421 e. The van der Waals surface area contributed by atoms with E-state index in [0.717, 1.165) is 4.31 Å². The second-order valence-electron chi connectivity index (χ2n) is 4.80. The van der Waals surface area contributed by atoms with Gasteiger partial charge in [0.1, 0.15) is 0 Å². The number of nitrogens with zero attached hydrogens (tertiary/aromatic N) is 1. The number of morpholine rings is 1. The normalized spacial score (nSPS) is 23.9. The molecule has 0 aliphatic carbocycles. The van der Waals surface area contributed by atoms with E-state index in [1.54, 1.807) is 20.8 Å². The van der Waals surface area contributed by atoms with Gasteiger partial charge in [0.25, 0.3) is 0 Å². The summed E-state index contributed by atoms with van der Waals surface area (Å²) in [5.41, 5.74) is -0.741. The van der Waals surface area contributed by atoms with Gasteiger partial charge in [-0.15, -0.1) is 0 Å². The molecule has 19 heavy (non-hydrogen) atoms. The molecule has 0 aromatic carbocycles. The molecule has 1 heterocycles. The van der Waals surface area contributed by atoms with Crippen molar-refractivity contribution in [1.29, 1.82) is 0 Å². The molecule has 1 unspecified atom stereocenters. The van der Waals surface area contributed by atoms with Crippen LogP contribution >= 0.6 is 0 Å². The summed E-state index contributed by atoms with van der Waals surface area (Å²) in [4.78, 5) is 11.2. The lowest BCUT2D eigenvalue weighted by molar-refractivity contribution is -0.131. The zero-order chi connectivity index (χ0) is 14.7. The van der Waals surface area contributed by atoms with Crippen LogP contribution < -0.4 is 4.72 Å². The summed E-state index contributed by atoms with van der Waals surface area (Å²) in [5, 5.41) is 9.11. The third kappa shape index (κ3) is 4.60. The second-order valence-corrected chi connectivity index (χ2v) is 6.47. The van der Waals surface area contributed by atoms with Crippen molar-refractivity contribution < 1.29 is 27.8 Å². The van der Waals surface area contributed by atoms with E-state index < -0.39 is 28.0 Å². The van der Waals surface area contributed by atoms with Crippen LogP contribution in [0.4, 0.5) is 4.79 Å². The molecule has 0 radical (unpaired) electrons. The summed E-state index contributed by atoms with van der Waals surface area (Å²) in [6, 6.07) is 0. The largest absolute Gasteiger partial charge is 0.449 e. The predicted octanol–water partition coefficient (Wildman–Crippen LogP) is -0.551. The monoisotopic (exact) mass is 296 g/mol. The molecule has 1 fully saturated rings. The fourth-order valence-corrected chi connectivity index (χ4v) is 3.09. The zero-order valence-electron chi connectivity index (χ0n) is 11.2. The molecule has 0 bridgehead atoms. The van der Waals surface area contributed by atoms with Gasteiger partial charge in [-0.25, -0.2) is 9.52 Å². The molecule has 0 spiro atoms. The maximum atomic E-state index is 12.0. The molecule has 1 rings (SSSR count). The summed E-state index contributed by atoms with van der Waals surface area (Å²) in [7, 11) is -4.00. The molecule has 112 valence electrons. The highest BCUT2D eigenvalue weighted by atomic mass is 32.2. The first kappa shape index (κ1) is 16.2. The third-order valence-electron chi connectivity index (χ3n) is 2.48.